The number of pyridine rings is 1. The average Bonchev–Trinajstić information content (AvgIpc) is 3.32. The fourth-order valence-corrected chi connectivity index (χ4v) is 3.88. The minimum Gasteiger partial charge on any atom is -0.493 e. The van der Waals surface area contributed by atoms with E-state index in [0.717, 1.165) is 16.8 Å². The fraction of sp³-hybridized carbons (Fsp3) is 0.125. The first-order valence-corrected chi connectivity index (χ1v) is 11.3. The van der Waals surface area contributed by atoms with Gasteiger partial charge in [0.2, 0.25) is 0 Å². The Bertz CT molecular complexity index is 1280. The van der Waals surface area contributed by atoms with Gasteiger partial charge in [-0.3, -0.25) is 14.3 Å². The van der Waals surface area contributed by atoms with Crippen molar-refractivity contribution >= 4 is 23.9 Å². The first-order chi connectivity index (χ1) is 16.7. The summed E-state index contributed by atoms with van der Waals surface area (Å²) in [6, 6.07) is 18.8. The summed E-state index contributed by atoms with van der Waals surface area (Å²) in [7, 11) is 3.13. The van der Waals surface area contributed by atoms with Crippen molar-refractivity contribution in [1.29, 1.82) is 0 Å². The molecular weight excluding hydrogens is 452 g/mol. The molecule has 0 saturated carbocycles. The lowest BCUT2D eigenvalue weighted by atomic mass is 10.2. The van der Waals surface area contributed by atoms with Crippen LogP contribution in [0.4, 0.5) is 0 Å². The number of thioether (sulfide) groups is 1. The zero-order chi connectivity index (χ0) is 23.8. The number of ether oxygens (including phenoxy) is 2. The normalized spacial score (nSPS) is 10.9. The summed E-state index contributed by atoms with van der Waals surface area (Å²) in [4.78, 5) is 16.5. The molecule has 0 atom stereocenters. The quantitative estimate of drug-likeness (QED) is 0.225. The Hall–Kier alpha value is -4.18. The maximum absolute atomic E-state index is 12.4. The van der Waals surface area contributed by atoms with E-state index in [1.807, 2.05) is 53.1 Å². The fourth-order valence-electron chi connectivity index (χ4n) is 3.14. The van der Waals surface area contributed by atoms with Crippen molar-refractivity contribution in [3.63, 3.8) is 0 Å². The van der Waals surface area contributed by atoms with Gasteiger partial charge in [0.25, 0.3) is 5.91 Å². The summed E-state index contributed by atoms with van der Waals surface area (Å²) >= 11 is 1.27. The number of methoxy groups -OCH3 is 2. The standard InChI is InChI=1S/C24H22N6O3S/c1-32-20-9-8-17(14-21(20)33-2)15-26-27-22(31)16-34-24-29-28-23(18-10-12-25-13-11-18)30(24)19-6-4-3-5-7-19/h3-15H,16H2,1-2H3,(H,27,31)/b26-15+. The largest absolute Gasteiger partial charge is 0.493 e. The van der Waals surface area contributed by atoms with Crippen LogP contribution < -0.4 is 14.9 Å². The second-order valence-corrected chi connectivity index (χ2v) is 7.85. The third-order valence-electron chi connectivity index (χ3n) is 4.73. The van der Waals surface area contributed by atoms with E-state index in [0.29, 0.717) is 22.5 Å². The van der Waals surface area contributed by atoms with Gasteiger partial charge in [0.1, 0.15) is 0 Å². The minimum absolute atomic E-state index is 0.116. The Labute approximate surface area is 200 Å². The van der Waals surface area contributed by atoms with Crippen molar-refractivity contribution in [2.24, 2.45) is 5.10 Å². The first kappa shape index (κ1) is 23.0. The van der Waals surface area contributed by atoms with Gasteiger partial charge in [-0.2, -0.15) is 5.10 Å². The molecule has 0 unspecified atom stereocenters. The van der Waals surface area contributed by atoms with Crippen LogP contribution in [0.2, 0.25) is 0 Å². The summed E-state index contributed by atoms with van der Waals surface area (Å²) in [6.45, 7) is 0. The molecule has 9 nitrogen and oxygen atoms in total. The molecular formula is C24H22N6O3S. The molecule has 4 rings (SSSR count). The number of hydrogen-bond acceptors (Lipinski definition) is 8. The molecule has 0 bridgehead atoms. The molecule has 10 heteroatoms. The SMILES string of the molecule is COc1ccc(/C=N/NC(=O)CSc2nnc(-c3ccncc3)n2-c2ccccc2)cc1OC. The van der Waals surface area contributed by atoms with Gasteiger partial charge in [-0.05, 0) is 48.0 Å². The lowest BCUT2D eigenvalue weighted by Crippen LogP contribution is -2.20. The molecule has 0 aliphatic carbocycles. The smallest absolute Gasteiger partial charge is 0.250 e. The van der Waals surface area contributed by atoms with Crippen LogP contribution in [-0.2, 0) is 4.79 Å². The number of carbonyl (C=O) groups excluding carboxylic acids is 1. The molecule has 1 N–H and O–H groups in total. The number of amides is 1. The van der Waals surface area contributed by atoms with Crippen LogP contribution in [0.15, 0.2) is 83.3 Å². The summed E-state index contributed by atoms with van der Waals surface area (Å²) in [5.74, 6) is 1.72. The highest BCUT2D eigenvalue weighted by molar-refractivity contribution is 7.99. The monoisotopic (exact) mass is 474 g/mol. The third kappa shape index (κ3) is 5.41. The first-order valence-electron chi connectivity index (χ1n) is 10.3. The summed E-state index contributed by atoms with van der Waals surface area (Å²) < 4.78 is 12.4. The van der Waals surface area contributed by atoms with E-state index in [9.17, 15) is 4.79 Å². The van der Waals surface area contributed by atoms with Crippen LogP contribution in [-0.4, -0.2) is 51.8 Å². The molecule has 4 aromatic rings. The van der Waals surface area contributed by atoms with Crippen molar-refractivity contribution in [1.82, 2.24) is 25.2 Å². The molecule has 0 aliphatic rings. The van der Waals surface area contributed by atoms with Gasteiger partial charge in [0, 0.05) is 23.6 Å². The zero-order valence-electron chi connectivity index (χ0n) is 18.6. The summed E-state index contributed by atoms with van der Waals surface area (Å²) in [6.07, 6.45) is 4.95. The maximum atomic E-state index is 12.4. The molecule has 1 amide bonds. The number of nitrogens with zero attached hydrogens (tertiary/aromatic N) is 5. The van der Waals surface area contributed by atoms with Crippen LogP contribution in [0.3, 0.4) is 0 Å². The maximum Gasteiger partial charge on any atom is 0.250 e. The number of para-hydroxylation sites is 1. The molecule has 2 aromatic carbocycles. The van der Waals surface area contributed by atoms with E-state index in [1.165, 1.54) is 11.8 Å². The number of rotatable bonds is 9. The number of carbonyl (C=O) groups is 1. The Kier molecular flexibility index (Phi) is 7.51. The highest BCUT2D eigenvalue weighted by Crippen LogP contribution is 2.28. The van der Waals surface area contributed by atoms with E-state index in [4.69, 9.17) is 9.47 Å². The van der Waals surface area contributed by atoms with Gasteiger partial charge in [0.15, 0.2) is 22.5 Å². The molecule has 2 aromatic heterocycles. The van der Waals surface area contributed by atoms with Crippen molar-refractivity contribution in [2.45, 2.75) is 5.16 Å². The molecule has 2 heterocycles. The van der Waals surface area contributed by atoms with E-state index < -0.39 is 0 Å². The lowest BCUT2D eigenvalue weighted by molar-refractivity contribution is -0.118. The predicted molar refractivity (Wildman–Crippen MR) is 131 cm³/mol. The van der Waals surface area contributed by atoms with Crippen molar-refractivity contribution in [2.75, 3.05) is 20.0 Å². The van der Waals surface area contributed by atoms with Crippen LogP contribution in [0.1, 0.15) is 5.56 Å². The molecule has 0 aliphatic heterocycles. The number of benzene rings is 2. The highest BCUT2D eigenvalue weighted by atomic mass is 32.2. The van der Waals surface area contributed by atoms with Crippen LogP contribution >= 0.6 is 11.8 Å². The Morgan fingerprint density at radius 1 is 1.03 bits per heavy atom. The van der Waals surface area contributed by atoms with Crippen LogP contribution in [0, 0.1) is 0 Å². The van der Waals surface area contributed by atoms with E-state index in [2.05, 4.69) is 25.7 Å². The second kappa shape index (κ2) is 11.1. The van der Waals surface area contributed by atoms with Gasteiger partial charge in [-0.15, -0.1) is 10.2 Å². The van der Waals surface area contributed by atoms with Gasteiger partial charge < -0.3 is 9.47 Å². The zero-order valence-corrected chi connectivity index (χ0v) is 19.4. The Morgan fingerprint density at radius 2 is 1.79 bits per heavy atom. The van der Waals surface area contributed by atoms with Crippen molar-refractivity contribution in [3.8, 4) is 28.6 Å². The second-order valence-electron chi connectivity index (χ2n) is 6.91. The van der Waals surface area contributed by atoms with E-state index in [-0.39, 0.29) is 11.7 Å². The molecule has 0 radical (unpaired) electrons. The molecule has 34 heavy (non-hydrogen) atoms. The van der Waals surface area contributed by atoms with Gasteiger partial charge in [0.05, 0.1) is 26.2 Å². The van der Waals surface area contributed by atoms with Crippen LogP contribution in [0.25, 0.3) is 17.1 Å². The number of aromatic nitrogens is 4. The minimum atomic E-state index is -0.269. The van der Waals surface area contributed by atoms with Crippen molar-refractivity contribution < 1.29 is 14.3 Å². The van der Waals surface area contributed by atoms with E-state index in [1.54, 1.807) is 45.0 Å². The van der Waals surface area contributed by atoms with Crippen molar-refractivity contribution in [3.05, 3.63) is 78.6 Å². The van der Waals surface area contributed by atoms with E-state index >= 15 is 0 Å². The Morgan fingerprint density at radius 3 is 2.53 bits per heavy atom. The molecule has 0 saturated heterocycles. The molecule has 172 valence electrons. The number of hydrazone groups is 1. The predicted octanol–water partition coefficient (Wildman–Crippen LogP) is 3.59. The number of nitrogens with one attached hydrogen (secondary N) is 1. The molecule has 0 fully saturated rings. The van der Waals surface area contributed by atoms with Gasteiger partial charge >= 0.3 is 0 Å². The average molecular weight is 475 g/mol. The summed E-state index contributed by atoms with van der Waals surface area (Å²) in [5, 5.41) is 13.3. The topological polar surface area (TPSA) is 104 Å². The molecule has 0 spiro atoms. The highest BCUT2D eigenvalue weighted by Gasteiger charge is 2.17. The lowest BCUT2D eigenvalue weighted by Gasteiger charge is -2.10. The van der Waals surface area contributed by atoms with Gasteiger partial charge in [-0.25, -0.2) is 5.43 Å². The summed E-state index contributed by atoms with van der Waals surface area (Å²) in [5.41, 5.74) is 5.07. The van der Waals surface area contributed by atoms with Gasteiger partial charge in [-0.1, -0.05) is 30.0 Å². The van der Waals surface area contributed by atoms with Crippen LogP contribution in [0.5, 0.6) is 11.5 Å². The third-order valence-corrected chi connectivity index (χ3v) is 5.66. The number of hydrogen-bond donors (Lipinski definition) is 1. The Balaban J connectivity index is 1.45.